The molecule has 12 nitrogen and oxygen atoms in total. The molecule has 0 saturated heterocycles. The number of hydrogen-bond donors (Lipinski definition) is 2. The predicted octanol–water partition coefficient (Wildman–Crippen LogP) is 5.91. The Bertz CT molecular complexity index is 1930. The molecule has 0 saturated carbocycles. The molecule has 3 aromatic carbocycles. The van der Waals surface area contributed by atoms with Crippen molar-refractivity contribution < 1.29 is 38.2 Å². The minimum Gasteiger partial charge on any atom is -0.343 e. The maximum absolute atomic E-state index is 14.8. The van der Waals surface area contributed by atoms with Gasteiger partial charge >= 0.3 is 0 Å². The fourth-order valence-electron chi connectivity index (χ4n) is 7.31. The average Bonchev–Trinajstić information content (AvgIpc) is 3.35. The minimum atomic E-state index is -4.58. The molecule has 3 unspecified atom stereocenters. The first-order valence-corrected chi connectivity index (χ1v) is 20.0. The summed E-state index contributed by atoms with van der Waals surface area (Å²) < 4.78 is 14.8. The molecule has 282 valence electrons. The molecule has 2 aliphatic rings. The molecule has 6 amide bonds. The summed E-state index contributed by atoms with van der Waals surface area (Å²) >= 11 is 0. The van der Waals surface area contributed by atoms with Gasteiger partial charge in [0.1, 0.15) is 6.29 Å². The Morgan fingerprint density at radius 1 is 0.774 bits per heavy atom. The van der Waals surface area contributed by atoms with E-state index in [0.717, 1.165) is 9.80 Å². The SMILES string of the molecule is CC(C)CC(C(=O)N(C)C(=O)[C@@H](N)C(C)(C)C)C(CCCCCN1C(=O)c2ccccc2C1=O)P(=O)(O)CN1C(=O)c2cccc3cccc(c23)C1=O. The third-order valence-corrected chi connectivity index (χ3v) is 12.7. The van der Waals surface area contributed by atoms with Crippen molar-refractivity contribution in [1.82, 2.24) is 14.7 Å². The molecule has 0 radical (unpaired) electrons. The molecule has 53 heavy (non-hydrogen) atoms. The van der Waals surface area contributed by atoms with E-state index in [1.54, 1.807) is 81.4 Å². The van der Waals surface area contributed by atoms with Crippen LogP contribution in [-0.2, 0) is 14.2 Å². The van der Waals surface area contributed by atoms with Gasteiger partial charge in [-0.05, 0) is 60.2 Å². The van der Waals surface area contributed by atoms with Crippen molar-refractivity contribution in [2.24, 2.45) is 23.0 Å². The van der Waals surface area contributed by atoms with E-state index in [-0.39, 0.29) is 48.2 Å². The summed E-state index contributed by atoms with van der Waals surface area (Å²) in [5.74, 6) is -4.72. The van der Waals surface area contributed by atoms with Crippen molar-refractivity contribution in [1.29, 1.82) is 0 Å². The van der Waals surface area contributed by atoms with E-state index in [4.69, 9.17) is 5.73 Å². The van der Waals surface area contributed by atoms with Gasteiger partial charge in [-0.1, -0.05) is 83.9 Å². The van der Waals surface area contributed by atoms with Crippen LogP contribution < -0.4 is 5.73 Å². The lowest BCUT2D eigenvalue weighted by Crippen LogP contribution is -2.53. The number of amides is 6. The van der Waals surface area contributed by atoms with Crippen LogP contribution in [0.25, 0.3) is 10.8 Å². The number of hydrogen-bond acceptors (Lipinski definition) is 8. The third kappa shape index (κ3) is 7.91. The van der Waals surface area contributed by atoms with Crippen molar-refractivity contribution in [2.75, 3.05) is 19.9 Å². The van der Waals surface area contributed by atoms with Crippen molar-refractivity contribution in [3.63, 3.8) is 0 Å². The normalized spacial score (nSPS) is 17.2. The van der Waals surface area contributed by atoms with Gasteiger partial charge in [-0.2, -0.15) is 0 Å². The Morgan fingerprint density at radius 2 is 1.28 bits per heavy atom. The Labute approximate surface area is 310 Å². The lowest BCUT2D eigenvalue weighted by Gasteiger charge is -2.37. The second-order valence-corrected chi connectivity index (χ2v) is 18.1. The van der Waals surface area contributed by atoms with Crippen LogP contribution in [0.1, 0.15) is 108 Å². The number of unbranched alkanes of at least 4 members (excludes halogenated alkanes) is 2. The number of benzene rings is 3. The van der Waals surface area contributed by atoms with E-state index in [2.05, 4.69) is 0 Å². The van der Waals surface area contributed by atoms with Crippen molar-refractivity contribution in [3.05, 3.63) is 82.9 Å². The highest BCUT2D eigenvalue weighted by atomic mass is 31.2. The molecule has 0 aromatic heterocycles. The van der Waals surface area contributed by atoms with Crippen LogP contribution in [0.4, 0.5) is 0 Å². The van der Waals surface area contributed by atoms with Gasteiger partial charge in [-0.25, -0.2) is 0 Å². The van der Waals surface area contributed by atoms with E-state index in [1.165, 1.54) is 11.9 Å². The topological polar surface area (TPSA) is 175 Å². The average molecular weight is 745 g/mol. The molecule has 13 heteroatoms. The number of likely N-dealkylation sites (N-methyl/N-ethyl adjacent to an activating group) is 1. The summed E-state index contributed by atoms with van der Waals surface area (Å²) in [6.45, 7) is 9.19. The van der Waals surface area contributed by atoms with Gasteiger partial charge in [-0.3, -0.25) is 48.0 Å². The highest BCUT2D eigenvalue weighted by Crippen LogP contribution is 2.54. The fourth-order valence-corrected chi connectivity index (χ4v) is 9.58. The molecule has 3 aromatic rings. The van der Waals surface area contributed by atoms with Gasteiger partial charge in [0.2, 0.25) is 19.2 Å². The number of carbonyl (C=O) groups is 6. The zero-order chi connectivity index (χ0) is 39.0. The van der Waals surface area contributed by atoms with Crippen LogP contribution in [0, 0.1) is 17.3 Å². The summed E-state index contributed by atoms with van der Waals surface area (Å²) in [6.07, 6.45) is 0.524. The monoisotopic (exact) mass is 744 g/mol. The summed E-state index contributed by atoms with van der Waals surface area (Å²) in [7, 11) is -3.26. The fraction of sp³-hybridized carbons (Fsp3) is 0.450. The van der Waals surface area contributed by atoms with E-state index >= 15 is 0 Å². The van der Waals surface area contributed by atoms with Crippen molar-refractivity contribution in [3.8, 4) is 0 Å². The summed E-state index contributed by atoms with van der Waals surface area (Å²) in [5.41, 5.74) is 5.50. The predicted molar refractivity (Wildman–Crippen MR) is 201 cm³/mol. The molecular weight excluding hydrogens is 695 g/mol. The zero-order valence-corrected chi connectivity index (χ0v) is 32.1. The molecule has 0 bridgehead atoms. The molecule has 5 rings (SSSR count). The number of carbonyl (C=O) groups excluding carboxylic acids is 6. The van der Waals surface area contributed by atoms with E-state index in [9.17, 15) is 38.2 Å². The van der Waals surface area contributed by atoms with Gasteiger partial charge < -0.3 is 10.6 Å². The van der Waals surface area contributed by atoms with Gasteiger partial charge in [0.15, 0.2) is 0 Å². The second kappa shape index (κ2) is 15.5. The number of fused-ring (bicyclic) bond motifs is 1. The molecular formula is C40H49N4O8P. The van der Waals surface area contributed by atoms with Crippen molar-refractivity contribution >= 4 is 53.6 Å². The first kappa shape index (κ1) is 39.7. The number of imide groups is 3. The first-order valence-electron chi connectivity index (χ1n) is 18.1. The van der Waals surface area contributed by atoms with Crippen LogP contribution in [-0.4, -0.2) is 86.6 Å². The van der Waals surface area contributed by atoms with Gasteiger partial charge in [0.05, 0.1) is 23.1 Å². The Hall–Kier alpha value is -4.51. The quantitative estimate of drug-likeness (QED) is 0.116. The van der Waals surface area contributed by atoms with E-state index < -0.39 is 60.3 Å². The van der Waals surface area contributed by atoms with Crippen LogP contribution >= 0.6 is 7.37 Å². The molecule has 0 aliphatic carbocycles. The number of rotatable bonds is 14. The lowest BCUT2D eigenvalue weighted by molar-refractivity contribution is -0.148. The van der Waals surface area contributed by atoms with Crippen LogP contribution in [0.5, 0.6) is 0 Å². The zero-order valence-electron chi connectivity index (χ0n) is 31.2. The smallest absolute Gasteiger partial charge is 0.261 e. The highest BCUT2D eigenvalue weighted by molar-refractivity contribution is 7.58. The van der Waals surface area contributed by atoms with Crippen LogP contribution in [0.15, 0.2) is 60.7 Å². The lowest BCUT2D eigenvalue weighted by atomic mass is 9.85. The maximum Gasteiger partial charge on any atom is 0.261 e. The molecule has 0 spiro atoms. The van der Waals surface area contributed by atoms with Gasteiger partial charge in [0, 0.05) is 35.8 Å². The summed E-state index contributed by atoms with van der Waals surface area (Å²) in [5, 5.41) is 1.17. The summed E-state index contributed by atoms with van der Waals surface area (Å²) in [6, 6.07) is 15.7. The van der Waals surface area contributed by atoms with Crippen LogP contribution in [0.2, 0.25) is 0 Å². The molecule has 2 aliphatic heterocycles. The minimum absolute atomic E-state index is 0.0365. The van der Waals surface area contributed by atoms with E-state index in [0.29, 0.717) is 41.2 Å². The first-order chi connectivity index (χ1) is 24.9. The Morgan fingerprint density at radius 3 is 1.79 bits per heavy atom. The Kier molecular flexibility index (Phi) is 11.6. The molecule has 3 N–H and O–H groups in total. The van der Waals surface area contributed by atoms with Crippen LogP contribution in [0.3, 0.4) is 0 Å². The summed E-state index contributed by atoms with van der Waals surface area (Å²) in [4.78, 5) is 96.1. The Balaban J connectivity index is 1.41. The molecule has 2 heterocycles. The molecule has 0 fully saturated rings. The third-order valence-electron chi connectivity index (χ3n) is 10.3. The molecule has 4 atom stereocenters. The number of nitrogens with two attached hydrogens (primary N) is 1. The standard InChI is InChI=1S/C40H49N4O8P/c1-24(2)22-30(34(45)42(6)39(50)33(41)40(3,4)5)31(20-8-7-11-21-43-35(46)26-16-9-10-17-27(26)36(43)47)53(51,52)23-44-37(48)28-18-12-14-25-15-13-19-29(32(25)28)38(44)49/h9-10,12-19,24,30-31,33H,7-8,11,20-23,41H2,1-6H3,(H,51,52)/t30?,31?,33-/m1/s1. The van der Waals surface area contributed by atoms with Gasteiger partial charge in [-0.15, -0.1) is 0 Å². The maximum atomic E-state index is 14.8. The van der Waals surface area contributed by atoms with Gasteiger partial charge in [0.25, 0.3) is 23.6 Å². The van der Waals surface area contributed by atoms with E-state index in [1.807, 2.05) is 13.8 Å². The van der Waals surface area contributed by atoms with Crippen molar-refractivity contribution in [2.45, 2.75) is 78.4 Å². The highest BCUT2D eigenvalue weighted by Gasteiger charge is 2.47. The number of nitrogens with zero attached hydrogens (tertiary/aromatic N) is 3. The second-order valence-electron chi connectivity index (χ2n) is 15.7. The largest absolute Gasteiger partial charge is 0.343 e.